The van der Waals surface area contributed by atoms with Crippen LogP contribution in [0.2, 0.25) is 5.02 Å². The zero-order chi connectivity index (χ0) is 12.3. The molecular weight excluding hydrogens is 238 g/mol. The zero-order valence-corrected chi connectivity index (χ0v) is 10.1. The van der Waals surface area contributed by atoms with Crippen molar-refractivity contribution in [2.45, 2.75) is 13.5 Å². The third-order valence-electron chi connectivity index (χ3n) is 2.29. The molecule has 1 aromatic heterocycles. The first-order chi connectivity index (χ1) is 8.19. The predicted molar refractivity (Wildman–Crippen MR) is 66.4 cm³/mol. The SMILES string of the molecule is Cc1ccc(Oc2cncc(Cl)c2)c(CO)c1. The maximum Gasteiger partial charge on any atom is 0.147 e. The Morgan fingerprint density at radius 1 is 1.29 bits per heavy atom. The van der Waals surface area contributed by atoms with Gasteiger partial charge in [0.2, 0.25) is 0 Å². The van der Waals surface area contributed by atoms with E-state index < -0.39 is 0 Å². The van der Waals surface area contributed by atoms with E-state index in [2.05, 4.69) is 4.98 Å². The third-order valence-corrected chi connectivity index (χ3v) is 2.50. The Morgan fingerprint density at radius 2 is 2.12 bits per heavy atom. The van der Waals surface area contributed by atoms with Crippen molar-refractivity contribution in [1.29, 1.82) is 0 Å². The van der Waals surface area contributed by atoms with Crippen molar-refractivity contribution in [3.63, 3.8) is 0 Å². The number of aryl methyl sites for hydroxylation is 1. The second kappa shape index (κ2) is 5.17. The summed E-state index contributed by atoms with van der Waals surface area (Å²) in [5.74, 6) is 1.17. The lowest BCUT2D eigenvalue weighted by Crippen LogP contribution is -1.93. The van der Waals surface area contributed by atoms with Gasteiger partial charge in [0, 0.05) is 17.8 Å². The minimum Gasteiger partial charge on any atom is -0.455 e. The number of rotatable bonds is 3. The number of hydrogen-bond donors (Lipinski definition) is 1. The number of ether oxygens (including phenoxy) is 1. The van der Waals surface area contributed by atoms with Gasteiger partial charge in [-0.05, 0) is 13.0 Å². The molecule has 1 N–H and O–H groups in total. The van der Waals surface area contributed by atoms with Crippen molar-refractivity contribution in [3.05, 3.63) is 52.8 Å². The molecule has 0 radical (unpaired) electrons. The Balaban J connectivity index is 2.29. The summed E-state index contributed by atoms with van der Waals surface area (Å²) in [5, 5.41) is 9.77. The van der Waals surface area contributed by atoms with Crippen LogP contribution < -0.4 is 4.74 Å². The topological polar surface area (TPSA) is 42.4 Å². The minimum atomic E-state index is -0.0645. The summed E-state index contributed by atoms with van der Waals surface area (Å²) < 4.78 is 5.63. The van der Waals surface area contributed by atoms with E-state index in [1.807, 2.05) is 25.1 Å². The van der Waals surface area contributed by atoms with E-state index >= 15 is 0 Å². The fourth-order valence-electron chi connectivity index (χ4n) is 1.51. The number of aliphatic hydroxyl groups excluding tert-OH is 1. The highest BCUT2D eigenvalue weighted by molar-refractivity contribution is 6.30. The van der Waals surface area contributed by atoms with Crippen LogP contribution >= 0.6 is 11.6 Å². The summed E-state index contributed by atoms with van der Waals surface area (Å²) in [6.07, 6.45) is 3.11. The van der Waals surface area contributed by atoms with Crippen molar-refractivity contribution in [3.8, 4) is 11.5 Å². The van der Waals surface area contributed by atoms with Crippen LogP contribution in [-0.4, -0.2) is 10.1 Å². The number of nitrogens with zero attached hydrogens (tertiary/aromatic N) is 1. The Hall–Kier alpha value is -1.58. The molecule has 0 aliphatic rings. The number of aromatic nitrogens is 1. The zero-order valence-electron chi connectivity index (χ0n) is 9.35. The van der Waals surface area contributed by atoms with Gasteiger partial charge in [0.05, 0.1) is 17.8 Å². The van der Waals surface area contributed by atoms with Crippen LogP contribution in [0.1, 0.15) is 11.1 Å². The predicted octanol–water partition coefficient (Wildman–Crippen LogP) is 3.33. The van der Waals surface area contributed by atoms with Crippen LogP contribution in [0, 0.1) is 6.92 Å². The molecule has 0 atom stereocenters. The molecule has 0 aliphatic carbocycles. The normalized spacial score (nSPS) is 10.3. The van der Waals surface area contributed by atoms with Crippen LogP contribution in [0.15, 0.2) is 36.7 Å². The van der Waals surface area contributed by atoms with Gasteiger partial charge >= 0.3 is 0 Å². The van der Waals surface area contributed by atoms with Gasteiger partial charge in [0.1, 0.15) is 11.5 Å². The molecule has 0 saturated carbocycles. The molecule has 0 spiro atoms. The number of aliphatic hydroxyl groups is 1. The van der Waals surface area contributed by atoms with Crippen molar-refractivity contribution in [1.82, 2.24) is 4.98 Å². The lowest BCUT2D eigenvalue weighted by molar-refractivity contribution is 0.276. The first-order valence-corrected chi connectivity index (χ1v) is 5.55. The largest absolute Gasteiger partial charge is 0.455 e. The monoisotopic (exact) mass is 249 g/mol. The van der Waals surface area contributed by atoms with Crippen molar-refractivity contribution >= 4 is 11.6 Å². The van der Waals surface area contributed by atoms with Gasteiger partial charge in [-0.25, -0.2) is 0 Å². The van der Waals surface area contributed by atoms with Gasteiger partial charge < -0.3 is 9.84 Å². The Bertz CT molecular complexity index is 529. The molecule has 0 unspecified atom stereocenters. The van der Waals surface area contributed by atoms with E-state index in [4.69, 9.17) is 16.3 Å². The molecule has 4 heteroatoms. The molecule has 3 nitrogen and oxygen atoms in total. The fraction of sp³-hybridized carbons (Fsp3) is 0.154. The Kier molecular flexibility index (Phi) is 3.61. The van der Waals surface area contributed by atoms with Crippen molar-refractivity contribution < 1.29 is 9.84 Å². The van der Waals surface area contributed by atoms with Crippen LogP contribution in [0.4, 0.5) is 0 Å². The lowest BCUT2D eigenvalue weighted by Gasteiger charge is -2.10. The molecule has 0 bridgehead atoms. The smallest absolute Gasteiger partial charge is 0.147 e. The van der Waals surface area contributed by atoms with Gasteiger partial charge in [0.25, 0.3) is 0 Å². The number of pyridine rings is 1. The number of benzene rings is 1. The van der Waals surface area contributed by atoms with Gasteiger partial charge in [-0.1, -0.05) is 29.3 Å². The van der Waals surface area contributed by atoms with E-state index in [1.54, 1.807) is 12.3 Å². The van der Waals surface area contributed by atoms with Crippen molar-refractivity contribution in [2.75, 3.05) is 0 Å². The first kappa shape index (κ1) is 11.9. The maximum atomic E-state index is 9.25. The van der Waals surface area contributed by atoms with Gasteiger partial charge in [-0.2, -0.15) is 0 Å². The highest BCUT2D eigenvalue weighted by atomic mass is 35.5. The highest BCUT2D eigenvalue weighted by Crippen LogP contribution is 2.27. The van der Waals surface area contributed by atoms with Crippen LogP contribution in [0.25, 0.3) is 0 Å². The second-order valence-corrected chi connectivity index (χ2v) is 4.15. The maximum absolute atomic E-state index is 9.25. The van der Waals surface area contributed by atoms with Crippen LogP contribution in [0.5, 0.6) is 11.5 Å². The summed E-state index contributed by atoms with van der Waals surface area (Å²) in [6, 6.07) is 7.30. The highest BCUT2D eigenvalue weighted by Gasteiger charge is 2.05. The molecule has 1 heterocycles. The van der Waals surface area contributed by atoms with Gasteiger partial charge in [-0.15, -0.1) is 0 Å². The first-order valence-electron chi connectivity index (χ1n) is 5.18. The molecule has 17 heavy (non-hydrogen) atoms. The van der Waals surface area contributed by atoms with E-state index in [9.17, 15) is 5.11 Å². The summed E-state index contributed by atoms with van der Waals surface area (Å²) in [7, 11) is 0. The summed E-state index contributed by atoms with van der Waals surface area (Å²) in [5.41, 5.74) is 1.82. The average Bonchev–Trinajstić information content (AvgIpc) is 2.31. The second-order valence-electron chi connectivity index (χ2n) is 3.71. The standard InChI is InChI=1S/C13H12ClNO2/c1-9-2-3-13(10(4-9)8-16)17-12-5-11(14)6-15-7-12/h2-7,16H,8H2,1H3. The fourth-order valence-corrected chi connectivity index (χ4v) is 1.67. The summed E-state index contributed by atoms with van der Waals surface area (Å²) in [6.45, 7) is 1.90. The average molecular weight is 250 g/mol. The molecule has 88 valence electrons. The summed E-state index contributed by atoms with van der Waals surface area (Å²) in [4.78, 5) is 3.93. The van der Waals surface area contributed by atoms with E-state index in [0.717, 1.165) is 11.1 Å². The molecule has 0 fully saturated rings. The van der Waals surface area contributed by atoms with Crippen LogP contribution in [0.3, 0.4) is 0 Å². The molecule has 0 amide bonds. The molecule has 2 rings (SSSR count). The third kappa shape index (κ3) is 2.96. The van der Waals surface area contributed by atoms with Crippen molar-refractivity contribution in [2.24, 2.45) is 0 Å². The van der Waals surface area contributed by atoms with Gasteiger partial charge in [0.15, 0.2) is 0 Å². The van der Waals surface area contributed by atoms with Gasteiger partial charge in [-0.3, -0.25) is 4.98 Å². The van der Waals surface area contributed by atoms with Crippen LogP contribution in [-0.2, 0) is 6.61 Å². The Morgan fingerprint density at radius 3 is 2.82 bits per heavy atom. The van der Waals surface area contributed by atoms with E-state index in [1.165, 1.54) is 6.20 Å². The molecule has 0 aliphatic heterocycles. The van der Waals surface area contributed by atoms with E-state index in [0.29, 0.717) is 16.5 Å². The summed E-state index contributed by atoms with van der Waals surface area (Å²) >= 11 is 5.82. The van der Waals surface area contributed by atoms with E-state index in [-0.39, 0.29) is 6.61 Å². The Labute approximate surface area is 105 Å². The number of hydrogen-bond acceptors (Lipinski definition) is 3. The molecule has 1 aromatic carbocycles. The molecule has 2 aromatic rings. The molecule has 0 saturated heterocycles. The minimum absolute atomic E-state index is 0.0645. The lowest BCUT2D eigenvalue weighted by atomic mass is 10.1. The number of halogens is 1. The molecular formula is C13H12ClNO2. The quantitative estimate of drug-likeness (QED) is 0.907.